The van der Waals surface area contributed by atoms with Crippen LogP contribution in [0.5, 0.6) is 17.2 Å². The Kier molecular flexibility index (Phi) is 7.44. The molecule has 0 amide bonds. The third-order valence-electron chi connectivity index (χ3n) is 3.99. The number of nitro groups is 1. The van der Waals surface area contributed by atoms with Crippen molar-refractivity contribution in [1.29, 1.82) is 0 Å². The number of benzene rings is 2. The largest absolute Gasteiger partial charge is 0.493 e. The molecule has 0 fully saturated rings. The highest BCUT2D eigenvalue weighted by Crippen LogP contribution is 2.38. The maximum Gasteiger partial charge on any atom is 0.269 e. The zero-order chi connectivity index (χ0) is 20.5. The minimum atomic E-state index is -0.416. The second kappa shape index (κ2) is 10.0. The number of methoxy groups -OCH3 is 3. The summed E-state index contributed by atoms with van der Waals surface area (Å²) in [7, 11) is 6.33. The molecule has 0 atom stereocenters. The molecule has 0 aliphatic carbocycles. The number of rotatable bonds is 8. The normalized spacial score (nSPS) is 10.9. The van der Waals surface area contributed by atoms with E-state index in [1.165, 1.54) is 12.1 Å². The van der Waals surface area contributed by atoms with Gasteiger partial charge in [-0.15, -0.1) is 0 Å². The fraction of sp³-hybridized carbons (Fsp3) is 0.316. The van der Waals surface area contributed by atoms with E-state index in [9.17, 15) is 10.1 Å². The molecule has 9 heteroatoms. The maximum atomic E-state index is 10.9. The highest BCUT2D eigenvalue weighted by Gasteiger charge is 2.13. The van der Waals surface area contributed by atoms with Gasteiger partial charge in [0, 0.05) is 32.3 Å². The summed E-state index contributed by atoms with van der Waals surface area (Å²) in [5.74, 6) is 2.22. The molecule has 150 valence electrons. The predicted octanol–water partition coefficient (Wildman–Crippen LogP) is 2.49. The van der Waals surface area contributed by atoms with Gasteiger partial charge in [0.05, 0.1) is 26.3 Å². The highest BCUT2D eigenvalue weighted by atomic mass is 16.6. The molecule has 0 aromatic heterocycles. The second-order valence-electron chi connectivity index (χ2n) is 5.74. The Balaban J connectivity index is 2.02. The number of nitrogens with one attached hydrogen (secondary N) is 2. The third kappa shape index (κ3) is 5.26. The average Bonchev–Trinajstić information content (AvgIpc) is 2.73. The first kappa shape index (κ1) is 20.8. The molecule has 0 unspecified atom stereocenters. The molecule has 0 spiro atoms. The van der Waals surface area contributed by atoms with Gasteiger partial charge in [0.25, 0.3) is 5.69 Å². The summed E-state index contributed by atoms with van der Waals surface area (Å²) in [6.45, 7) is 0.863. The van der Waals surface area contributed by atoms with E-state index in [1.54, 1.807) is 34.4 Å². The van der Waals surface area contributed by atoms with Crippen molar-refractivity contribution >= 4 is 11.6 Å². The zero-order valence-electron chi connectivity index (χ0n) is 16.3. The Morgan fingerprint density at radius 2 is 1.61 bits per heavy atom. The van der Waals surface area contributed by atoms with Gasteiger partial charge in [0.15, 0.2) is 17.5 Å². The van der Waals surface area contributed by atoms with E-state index in [1.807, 2.05) is 18.2 Å². The van der Waals surface area contributed by atoms with Crippen LogP contribution in [0, 0.1) is 10.1 Å². The lowest BCUT2D eigenvalue weighted by atomic mass is 10.1. The van der Waals surface area contributed by atoms with Crippen molar-refractivity contribution in [2.45, 2.75) is 13.1 Å². The number of guanidine groups is 1. The minimum Gasteiger partial charge on any atom is -0.493 e. The van der Waals surface area contributed by atoms with Gasteiger partial charge < -0.3 is 24.8 Å². The number of ether oxygens (including phenoxy) is 3. The fourth-order valence-corrected chi connectivity index (χ4v) is 2.61. The summed E-state index contributed by atoms with van der Waals surface area (Å²) in [6, 6.07) is 10.2. The molecule has 28 heavy (non-hydrogen) atoms. The maximum absolute atomic E-state index is 10.9. The van der Waals surface area contributed by atoms with Crippen LogP contribution in [-0.4, -0.2) is 39.3 Å². The lowest BCUT2D eigenvalue weighted by Gasteiger charge is -2.16. The molecular formula is C19H24N4O5. The van der Waals surface area contributed by atoms with E-state index in [0.717, 1.165) is 11.1 Å². The Labute approximate surface area is 163 Å². The first-order valence-corrected chi connectivity index (χ1v) is 8.49. The van der Waals surface area contributed by atoms with Crippen LogP contribution in [0.3, 0.4) is 0 Å². The van der Waals surface area contributed by atoms with Crippen molar-refractivity contribution in [2.75, 3.05) is 28.4 Å². The molecule has 2 aromatic carbocycles. The molecule has 0 saturated heterocycles. The highest BCUT2D eigenvalue weighted by molar-refractivity contribution is 5.79. The van der Waals surface area contributed by atoms with Crippen molar-refractivity contribution < 1.29 is 19.1 Å². The molecule has 0 saturated carbocycles. The van der Waals surface area contributed by atoms with Crippen LogP contribution in [0.1, 0.15) is 11.1 Å². The fourth-order valence-electron chi connectivity index (χ4n) is 2.61. The van der Waals surface area contributed by atoms with Gasteiger partial charge in [-0.3, -0.25) is 15.1 Å². The van der Waals surface area contributed by atoms with E-state index in [-0.39, 0.29) is 5.69 Å². The lowest BCUT2D eigenvalue weighted by molar-refractivity contribution is -0.384. The minimum absolute atomic E-state index is 0.0552. The third-order valence-corrected chi connectivity index (χ3v) is 3.99. The van der Waals surface area contributed by atoms with E-state index in [2.05, 4.69) is 15.6 Å². The Hall–Kier alpha value is -3.49. The van der Waals surface area contributed by atoms with Crippen LogP contribution in [0.2, 0.25) is 0 Å². The summed E-state index contributed by atoms with van der Waals surface area (Å²) >= 11 is 0. The van der Waals surface area contributed by atoms with E-state index >= 15 is 0 Å². The Morgan fingerprint density at radius 3 is 2.11 bits per heavy atom. The Bertz CT molecular complexity index is 829. The van der Waals surface area contributed by atoms with Crippen LogP contribution in [0.4, 0.5) is 5.69 Å². The van der Waals surface area contributed by atoms with Gasteiger partial charge in [-0.25, -0.2) is 0 Å². The quantitative estimate of drug-likeness (QED) is 0.310. The van der Waals surface area contributed by atoms with Gasteiger partial charge in [0.2, 0.25) is 5.75 Å². The topological polar surface area (TPSA) is 107 Å². The number of hydrogen-bond acceptors (Lipinski definition) is 6. The van der Waals surface area contributed by atoms with Crippen LogP contribution in [0.25, 0.3) is 0 Å². The van der Waals surface area contributed by atoms with Crippen LogP contribution < -0.4 is 24.8 Å². The van der Waals surface area contributed by atoms with Crippen LogP contribution in [-0.2, 0) is 13.1 Å². The molecule has 9 nitrogen and oxygen atoms in total. The molecule has 0 bridgehead atoms. The number of non-ortho nitro benzene ring substituents is 1. The summed E-state index contributed by atoms with van der Waals surface area (Å²) in [6.07, 6.45) is 0. The van der Waals surface area contributed by atoms with Gasteiger partial charge in [0.1, 0.15) is 0 Å². The molecular weight excluding hydrogens is 364 g/mol. The molecule has 2 rings (SSSR count). The molecule has 2 N–H and O–H groups in total. The lowest BCUT2D eigenvalue weighted by Crippen LogP contribution is -2.36. The number of nitro benzene ring substituents is 1. The van der Waals surface area contributed by atoms with Crippen LogP contribution in [0.15, 0.2) is 41.4 Å². The predicted molar refractivity (Wildman–Crippen MR) is 106 cm³/mol. The van der Waals surface area contributed by atoms with Crippen molar-refractivity contribution in [3.8, 4) is 17.2 Å². The van der Waals surface area contributed by atoms with E-state index in [4.69, 9.17) is 14.2 Å². The molecule has 0 radical (unpaired) electrons. The van der Waals surface area contributed by atoms with Crippen molar-refractivity contribution in [3.63, 3.8) is 0 Å². The van der Waals surface area contributed by atoms with Crippen molar-refractivity contribution in [2.24, 2.45) is 4.99 Å². The van der Waals surface area contributed by atoms with E-state index in [0.29, 0.717) is 36.3 Å². The molecule has 0 heterocycles. The first-order valence-electron chi connectivity index (χ1n) is 8.49. The number of nitrogens with zero attached hydrogens (tertiary/aromatic N) is 2. The Morgan fingerprint density at radius 1 is 1.00 bits per heavy atom. The molecule has 0 aliphatic rings. The number of hydrogen-bond donors (Lipinski definition) is 2. The van der Waals surface area contributed by atoms with Gasteiger partial charge in [-0.1, -0.05) is 12.1 Å². The average molecular weight is 388 g/mol. The van der Waals surface area contributed by atoms with Crippen molar-refractivity contribution in [1.82, 2.24) is 10.6 Å². The van der Waals surface area contributed by atoms with Crippen molar-refractivity contribution in [3.05, 3.63) is 57.6 Å². The molecule has 0 aliphatic heterocycles. The molecule has 2 aromatic rings. The second-order valence-corrected chi connectivity index (χ2v) is 5.74. The summed E-state index contributed by atoms with van der Waals surface area (Å²) < 4.78 is 16.0. The van der Waals surface area contributed by atoms with Gasteiger partial charge in [-0.05, 0) is 23.3 Å². The first-order chi connectivity index (χ1) is 13.5. The standard InChI is InChI=1S/C19H24N4O5/c1-20-19(21-11-13-6-5-7-15(8-13)23(24)25)22-12-14-9-16(26-2)18(28-4)17(10-14)27-3/h5-10H,11-12H2,1-4H3,(H2,20,21,22). The summed E-state index contributed by atoms with van der Waals surface area (Å²) in [4.78, 5) is 14.6. The van der Waals surface area contributed by atoms with Gasteiger partial charge in [-0.2, -0.15) is 0 Å². The van der Waals surface area contributed by atoms with E-state index < -0.39 is 4.92 Å². The zero-order valence-corrected chi connectivity index (χ0v) is 16.3. The smallest absolute Gasteiger partial charge is 0.269 e. The monoisotopic (exact) mass is 388 g/mol. The van der Waals surface area contributed by atoms with Crippen LogP contribution >= 0.6 is 0 Å². The summed E-state index contributed by atoms with van der Waals surface area (Å²) in [5, 5.41) is 17.2. The van der Waals surface area contributed by atoms with Gasteiger partial charge >= 0.3 is 0 Å². The SMILES string of the molecule is CN=C(NCc1cccc([N+](=O)[O-])c1)NCc1cc(OC)c(OC)c(OC)c1. The summed E-state index contributed by atoms with van der Waals surface area (Å²) in [5.41, 5.74) is 1.75. The number of aliphatic imine (C=N–C) groups is 1.